The molecule has 0 amide bonds. The number of ether oxygens (including phenoxy) is 2. The normalized spacial score (nSPS) is 17.0. The van der Waals surface area contributed by atoms with E-state index in [1.165, 1.54) is 5.56 Å². The van der Waals surface area contributed by atoms with E-state index in [1.807, 2.05) is 6.07 Å². The molecule has 3 nitrogen and oxygen atoms in total. The van der Waals surface area contributed by atoms with Crippen LogP contribution < -0.4 is 10.1 Å². The van der Waals surface area contributed by atoms with Gasteiger partial charge in [0.1, 0.15) is 12.4 Å². The molecule has 0 radical (unpaired) electrons. The third-order valence-corrected chi connectivity index (χ3v) is 4.80. The van der Waals surface area contributed by atoms with Crippen LogP contribution in [-0.2, 0) is 17.9 Å². The van der Waals surface area contributed by atoms with Crippen LogP contribution in [-0.4, -0.2) is 19.3 Å². The zero-order valence-corrected chi connectivity index (χ0v) is 15.9. The molecule has 0 aliphatic carbocycles. The van der Waals surface area contributed by atoms with Gasteiger partial charge < -0.3 is 14.8 Å². The minimum Gasteiger partial charge on any atom is -0.487 e. The maximum Gasteiger partial charge on any atom is 0.142 e. The Morgan fingerprint density at radius 1 is 1.20 bits per heavy atom. The van der Waals surface area contributed by atoms with Gasteiger partial charge in [0.2, 0.25) is 0 Å². The van der Waals surface area contributed by atoms with Gasteiger partial charge in [0.15, 0.2) is 0 Å². The van der Waals surface area contributed by atoms with Crippen LogP contribution in [0.5, 0.6) is 5.75 Å². The van der Waals surface area contributed by atoms with Crippen molar-refractivity contribution in [1.29, 1.82) is 0 Å². The molecule has 5 heteroatoms. The highest BCUT2D eigenvalue weighted by Gasteiger charge is 2.16. The summed E-state index contributed by atoms with van der Waals surface area (Å²) in [6.07, 6.45) is 2.55. The summed E-state index contributed by atoms with van der Waals surface area (Å²) in [5.74, 6) is 0.687. The molecule has 0 aromatic heterocycles. The maximum absolute atomic E-state index is 6.37. The van der Waals surface area contributed by atoms with Gasteiger partial charge >= 0.3 is 0 Å². The molecule has 1 aliphatic rings. The summed E-state index contributed by atoms with van der Waals surface area (Å²) < 4.78 is 11.6. The lowest BCUT2D eigenvalue weighted by molar-refractivity contribution is 0.110. The van der Waals surface area contributed by atoms with Gasteiger partial charge in [-0.2, -0.15) is 0 Å². The smallest absolute Gasteiger partial charge is 0.142 e. The van der Waals surface area contributed by atoms with E-state index < -0.39 is 0 Å². The lowest BCUT2D eigenvalue weighted by Crippen LogP contribution is -2.26. The molecule has 0 bridgehead atoms. The third kappa shape index (κ3) is 5.35. The molecular formula is C20H23Cl2NO2. The van der Waals surface area contributed by atoms with Gasteiger partial charge in [0.25, 0.3) is 0 Å². The first kappa shape index (κ1) is 18.5. The van der Waals surface area contributed by atoms with Crippen LogP contribution in [0.1, 0.15) is 29.5 Å². The summed E-state index contributed by atoms with van der Waals surface area (Å²) in [5, 5.41) is 4.57. The Kier molecular flexibility index (Phi) is 6.60. The molecule has 0 spiro atoms. The Morgan fingerprint density at radius 3 is 2.72 bits per heavy atom. The molecule has 1 saturated heterocycles. The van der Waals surface area contributed by atoms with Gasteiger partial charge in [-0.15, -0.1) is 0 Å². The van der Waals surface area contributed by atoms with Crippen molar-refractivity contribution in [2.24, 2.45) is 0 Å². The van der Waals surface area contributed by atoms with Crippen molar-refractivity contribution >= 4 is 23.2 Å². The molecule has 3 rings (SSSR count). The standard InChI is InChI=1S/C20H23Cl2NO2/c1-14-4-6-15(7-5-14)13-25-20-16(9-17(21)10-19(20)22)11-23-12-18-3-2-8-24-18/h4-7,9-10,18,23H,2-3,8,11-13H2,1H3/t18-/m1/s1. The molecule has 2 aromatic rings. The predicted molar refractivity (Wildman–Crippen MR) is 103 cm³/mol. The zero-order valence-electron chi connectivity index (χ0n) is 14.4. The number of benzene rings is 2. The number of rotatable bonds is 7. The SMILES string of the molecule is Cc1ccc(COc2c(Cl)cc(Cl)cc2CNC[C@H]2CCCO2)cc1. The number of hydrogen-bond acceptors (Lipinski definition) is 3. The highest BCUT2D eigenvalue weighted by atomic mass is 35.5. The van der Waals surface area contributed by atoms with E-state index in [0.29, 0.717) is 35.1 Å². The van der Waals surface area contributed by atoms with Crippen LogP contribution in [0, 0.1) is 6.92 Å². The van der Waals surface area contributed by atoms with Crippen LogP contribution in [0.15, 0.2) is 36.4 Å². The highest BCUT2D eigenvalue weighted by molar-refractivity contribution is 6.35. The van der Waals surface area contributed by atoms with Crippen molar-refractivity contribution in [3.05, 3.63) is 63.1 Å². The lowest BCUT2D eigenvalue weighted by atomic mass is 10.1. The zero-order chi connectivity index (χ0) is 17.6. The molecule has 1 aliphatic heterocycles. The van der Waals surface area contributed by atoms with Crippen molar-refractivity contribution in [2.75, 3.05) is 13.2 Å². The molecule has 0 unspecified atom stereocenters. The lowest BCUT2D eigenvalue weighted by Gasteiger charge is -2.16. The Hall–Kier alpha value is -1.26. The molecule has 2 aromatic carbocycles. The largest absolute Gasteiger partial charge is 0.487 e. The van der Waals surface area contributed by atoms with E-state index >= 15 is 0 Å². The second-order valence-corrected chi connectivity index (χ2v) is 7.26. The average Bonchev–Trinajstić information content (AvgIpc) is 3.09. The minimum atomic E-state index is 0.298. The van der Waals surface area contributed by atoms with E-state index in [1.54, 1.807) is 6.07 Å². The van der Waals surface area contributed by atoms with E-state index in [2.05, 4.69) is 36.5 Å². The Bertz CT molecular complexity index is 698. The number of hydrogen-bond donors (Lipinski definition) is 1. The Labute approximate surface area is 159 Å². The van der Waals surface area contributed by atoms with Crippen LogP contribution in [0.25, 0.3) is 0 Å². The minimum absolute atomic E-state index is 0.298. The summed E-state index contributed by atoms with van der Waals surface area (Å²) >= 11 is 12.5. The monoisotopic (exact) mass is 379 g/mol. The number of halogens is 2. The molecule has 1 atom stereocenters. The highest BCUT2D eigenvalue weighted by Crippen LogP contribution is 2.33. The second-order valence-electron chi connectivity index (χ2n) is 6.42. The topological polar surface area (TPSA) is 30.5 Å². The van der Waals surface area contributed by atoms with Gasteiger partial charge in [-0.25, -0.2) is 0 Å². The van der Waals surface area contributed by atoms with Crippen LogP contribution in [0.2, 0.25) is 10.0 Å². The summed E-state index contributed by atoms with van der Waals surface area (Å²) in [7, 11) is 0. The van der Waals surface area contributed by atoms with Crippen molar-refractivity contribution in [3.8, 4) is 5.75 Å². The first-order chi connectivity index (χ1) is 12.1. The Morgan fingerprint density at radius 2 is 2.00 bits per heavy atom. The van der Waals surface area contributed by atoms with Gasteiger partial charge in [0, 0.05) is 30.3 Å². The summed E-state index contributed by atoms with van der Waals surface area (Å²) in [6, 6.07) is 11.9. The number of nitrogens with one attached hydrogen (secondary N) is 1. The van der Waals surface area contributed by atoms with Crippen LogP contribution in [0.4, 0.5) is 0 Å². The van der Waals surface area contributed by atoms with Crippen LogP contribution >= 0.6 is 23.2 Å². The predicted octanol–water partition coefficient (Wildman–Crippen LogP) is 5.15. The van der Waals surface area contributed by atoms with E-state index in [9.17, 15) is 0 Å². The Balaban J connectivity index is 1.65. The van der Waals surface area contributed by atoms with Gasteiger partial charge in [-0.1, -0.05) is 53.0 Å². The second kappa shape index (κ2) is 8.91. The average molecular weight is 380 g/mol. The van der Waals surface area contributed by atoms with E-state index in [0.717, 1.165) is 37.1 Å². The van der Waals surface area contributed by atoms with Gasteiger partial charge in [-0.05, 0) is 37.5 Å². The fraction of sp³-hybridized carbons (Fsp3) is 0.400. The van der Waals surface area contributed by atoms with Gasteiger partial charge in [0.05, 0.1) is 11.1 Å². The molecule has 1 fully saturated rings. The van der Waals surface area contributed by atoms with Crippen molar-refractivity contribution in [2.45, 2.75) is 39.0 Å². The third-order valence-electron chi connectivity index (χ3n) is 4.30. The van der Waals surface area contributed by atoms with Crippen LogP contribution in [0.3, 0.4) is 0 Å². The van der Waals surface area contributed by atoms with Crippen molar-refractivity contribution in [1.82, 2.24) is 5.32 Å². The molecule has 134 valence electrons. The van der Waals surface area contributed by atoms with Gasteiger partial charge in [-0.3, -0.25) is 0 Å². The van der Waals surface area contributed by atoms with Crippen molar-refractivity contribution < 1.29 is 9.47 Å². The first-order valence-electron chi connectivity index (χ1n) is 8.60. The van der Waals surface area contributed by atoms with Crippen molar-refractivity contribution in [3.63, 3.8) is 0 Å². The molecule has 1 heterocycles. The molecule has 1 N–H and O–H groups in total. The van der Waals surface area contributed by atoms with E-state index in [-0.39, 0.29) is 0 Å². The fourth-order valence-electron chi connectivity index (χ4n) is 2.92. The maximum atomic E-state index is 6.37. The summed E-state index contributed by atoms with van der Waals surface area (Å²) in [4.78, 5) is 0. The first-order valence-corrected chi connectivity index (χ1v) is 9.36. The number of aryl methyl sites for hydroxylation is 1. The fourth-order valence-corrected chi connectivity index (χ4v) is 3.51. The molecule has 25 heavy (non-hydrogen) atoms. The summed E-state index contributed by atoms with van der Waals surface area (Å²) in [5.41, 5.74) is 3.30. The molecule has 0 saturated carbocycles. The quantitative estimate of drug-likeness (QED) is 0.721. The van der Waals surface area contributed by atoms with E-state index in [4.69, 9.17) is 32.7 Å². The summed E-state index contributed by atoms with van der Waals surface area (Å²) in [6.45, 7) is 4.87. The molecular weight excluding hydrogens is 357 g/mol.